The highest BCUT2D eigenvalue weighted by Gasteiger charge is 2.15. The molecular formula is C21H31IN4. The number of halogens is 1. The van der Waals surface area contributed by atoms with Crippen molar-refractivity contribution < 1.29 is 0 Å². The standard InChI is InChI=1S/C21H30N4.HI/c1-5-22-21(23-14-13-19-12-11-16(2)24-15-19)25-18(4)17(3)20-9-7-6-8-10-20;/h6-12,15,17-18H,5,13-14H2,1-4H3,(H2,22,23,25);1H. The van der Waals surface area contributed by atoms with Gasteiger partial charge in [-0.15, -0.1) is 24.0 Å². The molecule has 2 rings (SSSR count). The second kappa shape index (κ2) is 11.9. The predicted molar refractivity (Wildman–Crippen MR) is 122 cm³/mol. The summed E-state index contributed by atoms with van der Waals surface area (Å²) in [4.78, 5) is 9.05. The van der Waals surface area contributed by atoms with Crippen molar-refractivity contribution in [3.05, 3.63) is 65.5 Å². The number of pyridine rings is 1. The first kappa shape index (κ1) is 22.4. The van der Waals surface area contributed by atoms with Gasteiger partial charge in [0.2, 0.25) is 0 Å². The Hall–Kier alpha value is -1.63. The third-order valence-electron chi connectivity index (χ3n) is 4.43. The van der Waals surface area contributed by atoms with Crippen LogP contribution in [0.4, 0.5) is 0 Å². The lowest BCUT2D eigenvalue weighted by molar-refractivity contribution is 0.550. The molecule has 0 amide bonds. The number of hydrogen-bond acceptors (Lipinski definition) is 2. The molecule has 2 atom stereocenters. The van der Waals surface area contributed by atoms with Crippen LogP contribution in [0.2, 0.25) is 0 Å². The quantitative estimate of drug-likeness (QED) is 0.364. The van der Waals surface area contributed by atoms with Gasteiger partial charge in [-0.2, -0.15) is 0 Å². The highest BCUT2D eigenvalue weighted by molar-refractivity contribution is 14.0. The van der Waals surface area contributed by atoms with E-state index < -0.39 is 0 Å². The van der Waals surface area contributed by atoms with Crippen LogP contribution in [0.15, 0.2) is 53.7 Å². The normalized spacial score (nSPS) is 13.5. The van der Waals surface area contributed by atoms with Crippen LogP contribution in [0.1, 0.15) is 43.5 Å². The van der Waals surface area contributed by atoms with Gasteiger partial charge in [0, 0.05) is 36.9 Å². The molecule has 5 heteroatoms. The van der Waals surface area contributed by atoms with Crippen LogP contribution in [-0.2, 0) is 6.42 Å². The fraction of sp³-hybridized carbons (Fsp3) is 0.429. The number of aryl methyl sites for hydroxylation is 1. The van der Waals surface area contributed by atoms with Crippen molar-refractivity contribution in [1.82, 2.24) is 15.6 Å². The van der Waals surface area contributed by atoms with E-state index in [4.69, 9.17) is 4.99 Å². The Morgan fingerprint density at radius 1 is 1.12 bits per heavy atom. The Morgan fingerprint density at radius 3 is 2.46 bits per heavy atom. The van der Waals surface area contributed by atoms with Crippen molar-refractivity contribution in [3.63, 3.8) is 0 Å². The third kappa shape index (κ3) is 7.32. The lowest BCUT2D eigenvalue weighted by atomic mass is 9.94. The summed E-state index contributed by atoms with van der Waals surface area (Å²) in [5, 5.41) is 6.87. The minimum atomic E-state index is 0. The molecule has 4 nitrogen and oxygen atoms in total. The van der Waals surface area contributed by atoms with Gasteiger partial charge in [0.1, 0.15) is 0 Å². The van der Waals surface area contributed by atoms with E-state index in [1.165, 1.54) is 11.1 Å². The van der Waals surface area contributed by atoms with Crippen LogP contribution in [-0.4, -0.2) is 30.1 Å². The van der Waals surface area contributed by atoms with Crippen molar-refractivity contribution in [2.45, 2.75) is 46.1 Å². The summed E-state index contributed by atoms with van der Waals surface area (Å²) in [6.07, 6.45) is 2.83. The molecule has 1 aromatic carbocycles. The van der Waals surface area contributed by atoms with E-state index in [-0.39, 0.29) is 24.0 Å². The zero-order chi connectivity index (χ0) is 18.1. The summed E-state index contributed by atoms with van der Waals surface area (Å²) in [5.74, 6) is 1.28. The maximum absolute atomic E-state index is 4.71. The Morgan fingerprint density at radius 2 is 1.85 bits per heavy atom. The summed E-state index contributed by atoms with van der Waals surface area (Å²) < 4.78 is 0. The maximum atomic E-state index is 4.71. The van der Waals surface area contributed by atoms with Gasteiger partial charge < -0.3 is 10.6 Å². The van der Waals surface area contributed by atoms with Crippen molar-refractivity contribution in [2.75, 3.05) is 13.1 Å². The van der Waals surface area contributed by atoms with Gasteiger partial charge in [-0.25, -0.2) is 0 Å². The molecule has 0 saturated carbocycles. The van der Waals surface area contributed by atoms with E-state index in [1.807, 2.05) is 19.2 Å². The number of rotatable bonds is 7. The first-order valence-corrected chi connectivity index (χ1v) is 9.11. The Labute approximate surface area is 174 Å². The highest BCUT2D eigenvalue weighted by atomic mass is 127. The zero-order valence-corrected chi connectivity index (χ0v) is 18.5. The molecular weight excluding hydrogens is 435 g/mol. The van der Waals surface area contributed by atoms with Gasteiger partial charge in [-0.1, -0.05) is 43.3 Å². The molecule has 0 aliphatic rings. The van der Waals surface area contributed by atoms with E-state index in [9.17, 15) is 0 Å². The topological polar surface area (TPSA) is 49.3 Å². The van der Waals surface area contributed by atoms with Crippen LogP contribution < -0.4 is 10.6 Å². The predicted octanol–water partition coefficient (Wildman–Crippen LogP) is 4.30. The van der Waals surface area contributed by atoms with E-state index in [0.717, 1.165) is 31.2 Å². The smallest absolute Gasteiger partial charge is 0.191 e. The molecule has 2 unspecified atom stereocenters. The first-order valence-electron chi connectivity index (χ1n) is 9.11. The Bertz CT molecular complexity index is 655. The van der Waals surface area contributed by atoms with E-state index in [0.29, 0.717) is 12.0 Å². The molecule has 0 aliphatic carbocycles. The molecule has 1 aromatic heterocycles. The summed E-state index contributed by atoms with van der Waals surface area (Å²) in [6, 6.07) is 15.1. The van der Waals surface area contributed by atoms with Gasteiger partial charge in [0.25, 0.3) is 0 Å². The molecule has 1 heterocycles. The zero-order valence-electron chi connectivity index (χ0n) is 16.2. The van der Waals surface area contributed by atoms with Crippen LogP contribution >= 0.6 is 24.0 Å². The van der Waals surface area contributed by atoms with E-state index >= 15 is 0 Å². The van der Waals surface area contributed by atoms with Crippen LogP contribution in [0.25, 0.3) is 0 Å². The minimum absolute atomic E-state index is 0. The maximum Gasteiger partial charge on any atom is 0.191 e. The number of aromatic nitrogens is 1. The fourth-order valence-corrected chi connectivity index (χ4v) is 2.65. The number of guanidine groups is 1. The first-order chi connectivity index (χ1) is 12.1. The van der Waals surface area contributed by atoms with Crippen molar-refractivity contribution in [3.8, 4) is 0 Å². The van der Waals surface area contributed by atoms with Crippen molar-refractivity contribution in [2.24, 2.45) is 4.99 Å². The number of benzene rings is 1. The van der Waals surface area contributed by atoms with Gasteiger partial charge in [-0.05, 0) is 44.4 Å². The van der Waals surface area contributed by atoms with Gasteiger partial charge in [0.05, 0.1) is 0 Å². The minimum Gasteiger partial charge on any atom is -0.357 e. The van der Waals surface area contributed by atoms with Gasteiger partial charge >= 0.3 is 0 Å². The van der Waals surface area contributed by atoms with Gasteiger partial charge in [-0.3, -0.25) is 9.98 Å². The second-order valence-electron chi connectivity index (χ2n) is 6.45. The molecule has 2 N–H and O–H groups in total. The fourth-order valence-electron chi connectivity index (χ4n) is 2.65. The molecule has 0 fully saturated rings. The molecule has 0 aliphatic heterocycles. The largest absolute Gasteiger partial charge is 0.357 e. The lowest BCUT2D eigenvalue weighted by Gasteiger charge is -2.24. The van der Waals surface area contributed by atoms with Crippen LogP contribution in [0.5, 0.6) is 0 Å². The number of aliphatic imine (C=N–C) groups is 1. The van der Waals surface area contributed by atoms with Crippen LogP contribution in [0, 0.1) is 6.92 Å². The molecule has 26 heavy (non-hydrogen) atoms. The summed E-state index contributed by atoms with van der Waals surface area (Å²) >= 11 is 0. The molecule has 0 bridgehead atoms. The molecule has 0 spiro atoms. The molecule has 2 aromatic rings. The Balaban J connectivity index is 0.00000338. The molecule has 0 radical (unpaired) electrons. The van der Waals surface area contributed by atoms with Crippen molar-refractivity contribution in [1.29, 1.82) is 0 Å². The summed E-state index contributed by atoms with van der Waals surface area (Å²) in [6.45, 7) is 10.1. The highest BCUT2D eigenvalue weighted by Crippen LogP contribution is 2.18. The molecule has 0 saturated heterocycles. The monoisotopic (exact) mass is 466 g/mol. The van der Waals surface area contributed by atoms with Crippen molar-refractivity contribution >= 4 is 29.9 Å². The lowest BCUT2D eigenvalue weighted by Crippen LogP contribution is -2.44. The Kier molecular flexibility index (Phi) is 10.2. The third-order valence-corrected chi connectivity index (χ3v) is 4.43. The average molecular weight is 466 g/mol. The second-order valence-corrected chi connectivity index (χ2v) is 6.45. The number of nitrogens with one attached hydrogen (secondary N) is 2. The van der Waals surface area contributed by atoms with Crippen LogP contribution in [0.3, 0.4) is 0 Å². The average Bonchev–Trinajstić information content (AvgIpc) is 2.63. The van der Waals surface area contributed by atoms with E-state index in [1.54, 1.807) is 0 Å². The van der Waals surface area contributed by atoms with E-state index in [2.05, 4.69) is 72.8 Å². The summed E-state index contributed by atoms with van der Waals surface area (Å²) in [7, 11) is 0. The van der Waals surface area contributed by atoms with Gasteiger partial charge in [0.15, 0.2) is 5.96 Å². The SMILES string of the molecule is CCNC(=NCCc1ccc(C)nc1)NC(C)C(C)c1ccccc1.I. The number of hydrogen-bond donors (Lipinski definition) is 2. The number of nitrogens with zero attached hydrogens (tertiary/aromatic N) is 2. The molecule has 142 valence electrons. The summed E-state index contributed by atoms with van der Waals surface area (Å²) in [5.41, 5.74) is 3.60.